The molecule has 0 amide bonds. The van der Waals surface area contributed by atoms with Gasteiger partial charge < -0.3 is 4.84 Å². The molecular formula is C22H25FN2O3S. The Hall–Kier alpha value is -2.80. The normalized spacial score (nSPS) is 11.3. The largest absolute Gasteiger partial charge is 0.314 e. The highest BCUT2D eigenvalue weighted by atomic mass is 32.1. The van der Waals surface area contributed by atoms with Gasteiger partial charge in [0, 0.05) is 22.8 Å². The summed E-state index contributed by atoms with van der Waals surface area (Å²) in [5, 5.41) is 10.3. The summed E-state index contributed by atoms with van der Waals surface area (Å²) in [4.78, 5) is 20.2. The number of hydrogen-bond donors (Lipinski definition) is 0. The molecular weight excluding hydrogens is 391 g/mol. The lowest BCUT2D eigenvalue weighted by Crippen LogP contribution is -2.04. The summed E-state index contributed by atoms with van der Waals surface area (Å²) in [5.74, 6) is -0.336. The first-order valence-electron chi connectivity index (χ1n) is 9.54. The number of hydrogen-bond acceptors (Lipinski definition) is 5. The average Bonchev–Trinajstić information content (AvgIpc) is 3.10. The molecule has 1 atom stereocenters. The second kappa shape index (κ2) is 10.7. The summed E-state index contributed by atoms with van der Waals surface area (Å²) in [6, 6.07) is 14.7. The Bertz CT molecular complexity index is 944. The van der Waals surface area contributed by atoms with Gasteiger partial charge in [-0.2, -0.15) is 0 Å². The first kappa shape index (κ1) is 22.5. The summed E-state index contributed by atoms with van der Waals surface area (Å²) < 4.78 is 14.6. The second-order valence-corrected chi connectivity index (χ2v) is 7.31. The number of halogens is 1. The Morgan fingerprint density at radius 1 is 1.21 bits per heavy atom. The smallest absolute Gasteiger partial charge is 0.294 e. The molecule has 0 spiro atoms. The fourth-order valence-electron chi connectivity index (χ4n) is 2.88. The summed E-state index contributed by atoms with van der Waals surface area (Å²) in [7, 11) is 0. The number of benzene rings is 2. The minimum atomic E-state index is -0.795. The van der Waals surface area contributed by atoms with Crippen LogP contribution in [0.1, 0.15) is 47.8 Å². The fraction of sp³-hybridized carbons (Fsp3) is 0.318. The molecule has 1 aromatic heterocycles. The molecule has 3 aromatic rings. The topological polar surface area (TPSA) is 65.3 Å². The van der Waals surface area contributed by atoms with Gasteiger partial charge in [0.2, 0.25) is 0 Å². The van der Waals surface area contributed by atoms with Gasteiger partial charge >= 0.3 is 0 Å². The van der Waals surface area contributed by atoms with Crippen molar-refractivity contribution < 1.29 is 14.3 Å². The molecule has 0 bridgehead atoms. The third kappa shape index (κ3) is 5.84. The molecule has 0 saturated carbocycles. The van der Waals surface area contributed by atoms with Gasteiger partial charge in [0.05, 0.1) is 5.69 Å². The van der Waals surface area contributed by atoms with Crippen molar-refractivity contribution in [3.05, 3.63) is 85.6 Å². The van der Waals surface area contributed by atoms with Crippen LogP contribution in [0.5, 0.6) is 0 Å². The molecule has 29 heavy (non-hydrogen) atoms. The molecule has 0 aliphatic carbocycles. The van der Waals surface area contributed by atoms with Crippen molar-refractivity contribution in [2.75, 3.05) is 6.61 Å². The van der Waals surface area contributed by atoms with E-state index in [2.05, 4.69) is 9.82 Å². The van der Waals surface area contributed by atoms with Gasteiger partial charge in [0.15, 0.2) is 0 Å². The van der Waals surface area contributed by atoms with E-state index in [1.807, 2.05) is 64.1 Å². The van der Waals surface area contributed by atoms with Crippen LogP contribution >= 0.6 is 11.3 Å². The highest BCUT2D eigenvalue weighted by molar-refractivity contribution is 7.11. The SMILES string of the molecule is CC.Cc1nc(C(C)c2ccc(-c3ccccc3)c(F)c2)sc1CCO[N+](=O)[O-]. The van der Waals surface area contributed by atoms with E-state index in [1.54, 1.807) is 12.1 Å². The van der Waals surface area contributed by atoms with Crippen molar-refractivity contribution in [2.45, 2.75) is 40.0 Å². The van der Waals surface area contributed by atoms with E-state index in [-0.39, 0.29) is 18.3 Å². The standard InChI is InChI=1S/C20H19FN2O3S.C2H6/c1-13(20-22-14(2)19(27-20)10-11-26-23(24)25)16-8-9-17(18(21)12-16)15-6-4-3-5-7-15;1-2/h3-9,12-13H,10-11H2,1-2H3;1-2H3. The van der Waals surface area contributed by atoms with Crippen LogP contribution in [0, 0.1) is 22.9 Å². The molecule has 0 aliphatic heterocycles. The maximum atomic E-state index is 14.6. The predicted molar refractivity (Wildman–Crippen MR) is 114 cm³/mol. The van der Waals surface area contributed by atoms with Crippen LogP contribution in [0.2, 0.25) is 0 Å². The maximum absolute atomic E-state index is 14.6. The van der Waals surface area contributed by atoms with Crippen molar-refractivity contribution in [3.63, 3.8) is 0 Å². The van der Waals surface area contributed by atoms with Crippen LogP contribution < -0.4 is 0 Å². The molecule has 154 valence electrons. The predicted octanol–water partition coefficient (Wildman–Crippen LogP) is 6.19. The maximum Gasteiger partial charge on any atom is 0.294 e. The third-order valence-electron chi connectivity index (χ3n) is 4.38. The monoisotopic (exact) mass is 416 g/mol. The molecule has 0 fully saturated rings. The highest BCUT2D eigenvalue weighted by Gasteiger charge is 2.17. The first-order valence-corrected chi connectivity index (χ1v) is 10.4. The Morgan fingerprint density at radius 2 is 1.90 bits per heavy atom. The quantitative estimate of drug-likeness (QED) is 0.340. The van der Waals surface area contributed by atoms with E-state index in [9.17, 15) is 14.5 Å². The fourth-order valence-corrected chi connectivity index (χ4v) is 4.00. The van der Waals surface area contributed by atoms with E-state index < -0.39 is 5.09 Å². The van der Waals surface area contributed by atoms with E-state index in [4.69, 9.17) is 0 Å². The zero-order chi connectivity index (χ0) is 21.4. The van der Waals surface area contributed by atoms with Gasteiger partial charge in [-0.25, -0.2) is 9.37 Å². The minimum Gasteiger partial charge on any atom is -0.314 e. The molecule has 0 N–H and O–H groups in total. The van der Waals surface area contributed by atoms with Gasteiger partial charge in [0.25, 0.3) is 5.09 Å². The number of thiazole rings is 1. The zero-order valence-corrected chi connectivity index (χ0v) is 17.8. The van der Waals surface area contributed by atoms with Crippen molar-refractivity contribution >= 4 is 11.3 Å². The number of aromatic nitrogens is 1. The Morgan fingerprint density at radius 3 is 2.52 bits per heavy atom. The molecule has 0 saturated heterocycles. The van der Waals surface area contributed by atoms with Gasteiger partial charge in [-0.1, -0.05) is 63.2 Å². The van der Waals surface area contributed by atoms with Gasteiger partial charge in [-0.05, 0) is 24.1 Å². The number of rotatable bonds is 7. The average molecular weight is 417 g/mol. The number of nitrogens with zero attached hydrogens (tertiary/aromatic N) is 2. The third-order valence-corrected chi connectivity index (χ3v) is 5.78. The first-order chi connectivity index (χ1) is 14.0. The lowest BCUT2D eigenvalue weighted by Gasteiger charge is -2.11. The van der Waals surface area contributed by atoms with E-state index in [1.165, 1.54) is 11.3 Å². The van der Waals surface area contributed by atoms with Crippen LogP contribution in [0.4, 0.5) is 4.39 Å². The molecule has 5 nitrogen and oxygen atoms in total. The minimum absolute atomic E-state index is 0.00422. The van der Waals surface area contributed by atoms with Crippen molar-refractivity contribution in [1.82, 2.24) is 4.98 Å². The van der Waals surface area contributed by atoms with Gasteiger partial charge in [-0.3, -0.25) is 0 Å². The van der Waals surface area contributed by atoms with Crippen LogP contribution in [0.25, 0.3) is 11.1 Å². The van der Waals surface area contributed by atoms with Crippen LogP contribution in [0.3, 0.4) is 0 Å². The summed E-state index contributed by atoms with van der Waals surface area (Å²) in [6.07, 6.45) is 0.429. The zero-order valence-electron chi connectivity index (χ0n) is 17.0. The Kier molecular flexibility index (Phi) is 8.27. The van der Waals surface area contributed by atoms with Crippen LogP contribution in [-0.2, 0) is 11.3 Å². The molecule has 1 unspecified atom stereocenters. The van der Waals surface area contributed by atoms with E-state index in [0.717, 1.165) is 26.7 Å². The molecule has 0 aliphatic rings. The summed E-state index contributed by atoms with van der Waals surface area (Å²) in [6.45, 7) is 7.85. The van der Waals surface area contributed by atoms with E-state index in [0.29, 0.717) is 12.0 Å². The molecule has 1 heterocycles. The molecule has 0 radical (unpaired) electrons. The van der Waals surface area contributed by atoms with Crippen molar-refractivity contribution in [2.24, 2.45) is 0 Å². The molecule has 2 aromatic carbocycles. The van der Waals surface area contributed by atoms with E-state index >= 15 is 0 Å². The Labute approximate surface area is 174 Å². The lowest BCUT2D eigenvalue weighted by atomic mass is 9.97. The van der Waals surface area contributed by atoms with Crippen molar-refractivity contribution in [1.29, 1.82) is 0 Å². The van der Waals surface area contributed by atoms with Crippen molar-refractivity contribution in [3.8, 4) is 11.1 Å². The Balaban J connectivity index is 0.00000145. The van der Waals surface area contributed by atoms with Gasteiger partial charge in [0.1, 0.15) is 17.4 Å². The lowest BCUT2D eigenvalue weighted by molar-refractivity contribution is -0.757. The van der Waals surface area contributed by atoms with Crippen LogP contribution in [-0.4, -0.2) is 16.7 Å². The summed E-state index contributed by atoms with van der Waals surface area (Å²) >= 11 is 1.48. The molecule has 7 heteroatoms. The van der Waals surface area contributed by atoms with Gasteiger partial charge in [-0.15, -0.1) is 21.5 Å². The number of aryl methyl sites for hydroxylation is 1. The summed E-state index contributed by atoms with van der Waals surface area (Å²) in [5.41, 5.74) is 3.08. The second-order valence-electron chi connectivity index (χ2n) is 6.19. The van der Waals surface area contributed by atoms with Crippen LogP contribution in [0.15, 0.2) is 48.5 Å². The highest BCUT2D eigenvalue weighted by Crippen LogP contribution is 2.32. The molecule has 3 rings (SSSR count).